The first kappa shape index (κ1) is 17.1. The molecule has 0 amide bonds. The van der Waals surface area contributed by atoms with Crippen molar-refractivity contribution >= 4 is 10.9 Å². The SMILES string of the molecule is COc1cccc2ccc(CN(C)CCC3C(C)NNC3C)nc12. The monoisotopic (exact) mass is 328 g/mol. The van der Waals surface area contributed by atoms with Gasteiger partial charge >= 0.3 is 0 Å². The van der Waals surface area contributed by atoms with Gasteiger partial charge in [-0.25, -0.2) is 4.98 Å². The number of hydrogen-bond acceptors (Lipinski definition) is 5. The van der Waals surface area contributed by atoms with Crippen LogP contribution >= 0.6 is 0 Å². The first-order valence-electron chi connectivity index (χ1n) is 8.70. The second-order valence-corrected chi connectivity index (χ2v) is 6.89. The minimum Gasteiger partial charge on any atom is -0.494 e. The average molecular weight is 328 g/mol. The van der Waals surface area contributed by atoms with Crippen LogP contribution in [0.5, 0.6) is 5.75 Å². The van der Waals surface area contributed by atoms with Gasteiger partial charge in [0.05, 0.1) is 12.8 Å². The zero-order valence-electron chi connectivity index (χ0n) is 15.0. The van der Waals surface area contributed by atoms with E-state index in [9.17, 15) is 0 Å². The largest absolute Gasteiger partial charge is 0.494 e. The first-order valence-corrected chi connectivity index (χ1v) is 8.70. The maximum Gasteiger partial charge on any atom is 0.145 e. The molecular weight excluding hydrogens is 300 g/mol. The molecule has 1 aromatic carbocycles. The summed E-state index contributed by atoms with van der Waals surface area (Å²) in [4.78, 5) is 7.15. The summed E-state index contributed by atoms with van der Waals surface area (Å²) in [6.07, 6.45) is 1.18. The van der Waals surface area contributed by atoms with E-state index in [-0.39, 0.29) is 0 Å². The maximum atomic E-state index is 5.44. The fourth-order valence-corrected chi connectivity index (χ4v) is 3.55. The van der Waals surface area contributed by atoms with Gasteiger partial charge in [0.15, 0.2) is 0 Å². The molecule has 2 unspecified atom stereocenters. The van der Waals surface area contributed by atoms with Crippen molar-refractivity contribution in [2.24, 2.45) is 5.92 Å². The standard InChI is InChI=1S/C19H28N4O/c1-13-17(14(2)22-21-13)10-11-23(3)12-16-9-8-15-6-5-7-18(24-4)19(15)20-16/h5-9,13-14,17,21-22H,10-12H2,1-4H3. The van der Waals surface area contributed by atoms with E-state index in [0.29, 0.717) is 18.0 Å². The highest BCUT2D eigenvalue weighted by atomic mass is 16.5. The molecule has 130 valence electrons. The van der Waals surface area contributed by atoms with E-state index in [1.165, 1.54) is 6.42 Å². The number of nitrogens with zero attached hydrogens (tertiary/aromatic N) is 2. The molecule has 2 atom stereocenters. The summed E-state index contributed by atoms with van der Waals surface area (Å²) >= 11 is 0. The van der Waals surface area contributed by atoms with E-state index in [2.05, 4.69) is 54.8 Å². The average Bonchev–Trinajstić information content (AvgIpc) is 2.90. The normalized spacial score (nSPS) is 24.0. The number of pyridine rings is 1. The number of para-hydroxylation sites is 1. The van der Waals surface area contributed by atoms with Gasteiger partial charge in [0.25, 0.3) is 0 Å². The smallest absolute Gasteiger partial charge is 0.145 e. The van der Waals surface area contributed by atoms with Crippen LogP contribution in [0.3, 0.4) is 0 Å². The number of hydrazine groups is 1. The lowest BCUT2D eigenvalue weighted by molar-refractivity contribution is 0.276. The number of rotatable bonds is 6. The Morgan fingerprint density at radius 1 is 1.12 bits per heavy atom. The predicted octanol–water partition coefficient (Wildman–Crippen LogP) is 2.57. The summed E-state index contributed by atoms with van der Waals surface area (Å²) in [7, 11) is 3.86. The van der Waals surface area contributed by atoms with Crippen LogP contribution < -0.4 is 15.6 Å². The summed E-state index contributed by atoms with van der Waals surface area (Å²) in [5.74, 6) is 1.50. The lowest BCUT2D eigenvalue weighted by atomic mass is 9.93. The molecule has 0 bridgehead atoms. The molecule has 0 spiro atoms. The fourth-order valence-electron chi connectivity index (χ4n) is 3.55. The van der Waals surface area contributed by atoms with Gasteiger partial charge in [0.1, 0.15) is 11.3 Å². The van der Waals surface area contributed by atoms with E-state index in [4.69, 9.17) is 9.72 Å². The Labute approximate surface area is 144 Å². The van der Waals surface area contributed by atoms with Crippen molar-refractivity contribution in [3.63, 3.8) is 0 Å². The Bertz CT molecular complexity index is 680. The highest BCUT2D eigenvalue weighted by Gasteiger charge is 2.29. The third-order valence-corrected chi connectivity index (χ3v) is 5.06. The molecule has 1 saturated heterocycles. The molecule has 0 saturated carbocycles. The van der Waals surface area contributed by atoms with Crippen molar-refractivity contribution in [3.05, 3.63) is 36.0 Å². The highest BCUT2D eigenvalue weighted by Crippen LogP contribution is 2.24. The zero-order chi connectivity index (χ0) is 17.1. The Morgan fingerprint density at radius 2 is 1.88 bits per heavy atom. The van der Waals surface area contributed by atoms with Gasteiger partial charge in [-0.2, -0.15) is 0 Å². The van der Waals surface area contributed by atoms with E-state index in [1.54, 1.807) is 7.11 Å². The summed E-state index contributed by atoms with van der Waals surface area (Å²) in [6.45, 7) is 6.41. The van der Waals surface area contributed by atoms with Crippen LogP contribution in [0.25, 0.3) is 10.9 Å². The lowest BCUT2D eigenvalue weighted by Gasteiger charge is -2.22. The van der Waals surface area contributed by atoms with Gasteiger partial charge in [-0.15, -0.1) is 0 Å². The molecule has 2 N–H and O–H groups in total. The summed E-state index contributed by atoms with van der Waals surface area (Å²) in [6, 6.07) is 11.3. The molecule has 2 aromatic rings. The van der Waals surface area contributed by atoms with Crippen LogP contribution in [0.1, 0.15) is 26.0 Å². The van der Waals surface area contributed by atoms with Gasteiger partial charge < -0.3 is 9.64 Å². The molecule has 1 fully saturated rings. The van der Waals surface area contributed by atoms with Gasteiger partial charge in [-0.05, 0) is 51.9 Å². The summed E-state index contributed by atoms with van der Waals surface area (Å²) in [5.41, 5.74) is 8.69. The number of aromatic nitrogens is 1. The van der Waals surface area contributed by atoms with Gasteiger partial charge in [0.2, 0.25) is 0 Å². The fraction of sp³-hybridized carbons (Fsp3) is 0.526. The number of fused-ring (bicyclic) bond motifs is 1. The quantitative estimate of drug-likeness (QED) is 0.853. The van der Waals surface area contributed by atoms with Crippen molar-refractivity contribution in [2.75, 3.05) is 20.7 Å². The molecule has 2 heterocycles. The molecular formula is C19H28N4O. The second-order valence-electron chi connectivity index (χ2n) is 6.89. The number of nitrogens with one attached hydrogen (secondary N) is 2. The molecule has 1 aliphatic heterocycles. The van der Waals surface area contributed by atoms with Gasteiger partial charge in [0, 0.05) is 24.0 Å². The molecule has 5 nitrogen and oxygen atoms in total. The molecule has 1 aliphatic rings. The maximum absolute atomic E-state index is 5.44. The minimum atomic E-state index is 0.524. The van der Waals surface area contributed by atoms with Crippen molar-refractivity contribution < 1.29 is 4.74 Å². The third-order valence-electron chi connectivity index (χ3n) is 5.06. The number of methoxy groups -OCH3 is 1. The summed E-state index contributed by atoms with van der Waals surface area (Å²) in [5, 5.41) is 1.12. The van der Waals surface area contributed by atoms with E-state index in [0.717, 1.165) is 35.4 Å². The van der Waals surface area contributed by atoms with Crippen LogP contribution in [-0.2, 0) is 6.54 Å². The summed E-state index contributed by atoms with van der Waals surface area (Å²) < 4.78 is 5.44. The number of benzene rings is 1. The Morgan fingerprint density at radius 3 is 2.58 bits per heavy atom. The van der Waals surface area contributed by atoms with Crippen LogP contribution in [-0.4, -0.2) is 42.7 Å². The molecule has 3 rings (SSSR count). The van der Waals surface area contributed by atoms with E-state index in [1.807, 2.05) is 12.1 Å². The third kappa shape index (κ3) is 3.69. The van der Waals surface area contributed by atoms with Crippen LogP contribution in [0.15, 0.2) is 30.3 Å². The molecule has 0 aliphatic carbocycles. The lowest BCUT2D eigenvalue weighted by Crippen LogP contribution is -2.30. The van der Waals surface area contributed by atoms with Crippen LogP contribution in [0.2, 0.25) is 0 Å². The first-order chi connectivity index (χ1) is 11.6. The van der Waals surface area contributed by atoms with Gasteiger partial charge in [-0.3, -0.25) is 10.9 Å². The van der Waals surface area contributed by atoms with Gasteiger partial charge in [-0.1, -0.05) is 18.2 Å². The number of ether oxygens (including phenoxy) is 1. The van der Waals surface area contributed by atoms with E-state index < -0.39 is 0 Å². The molecule has 5 heteroatoms. The molecule has 24 heavy (non-hydrogen) atoms. The predicted molar refractivity (Wildman–Crippen MR) is 97.9 cm³/mol. The Kier molecular flexibility index (Phi) is 5.33. The van der Waals surface area contributed by atoms with Crippen LogP contribution in [0.4, 0.5) is 0 Å². The van der Waals surface area contributed by atoms with Crippen molar-refractivity contribution in [2.45, 2.75) is 38.9 Å². The van der Waals surface area contributed by atoms with E-state index >= 15 is 0 Å². The Hall–Kier alpha value is -1.69. The van der Waals surface area contributed by atoms with Crippen molar-refractivity contribution in [1.82, 2.24) is 20.7 Å². The topological polar surface area (TPSA) is 49.4 Å². The Balaban J connectivity index is 1.64. The number of hydrogen-bond donors (Lipinski definition) is 2. The highest BCUT2D eigenvalue weighted by molar-refractivity contribution is 5.84. The molecule has 1 aromatic heterocycles. The van der Waals surface area contributed by atoms with Crippen LogP contribution in [0, 0.1) is 5.92 Å². The van der Waals surface area contributed by atoms with Crippen molar-refractivity contribution in [3.8, 4) is 5.75 Å². The van der Waals surface area contributed by atoms with Crippen molar-refractivity contribution in [1.29, 1.82) is 0 Å². The molecule has 0 radical (unpaired) electrons. The zero-order valence-corrected chi connectivity index (χ0v) is 15.0. The second kappa shape index (κ2) is 7.47. The minimum absolute atomic E-state index is 0.524.